The molecule has 0 aromatic heterocycles. The Morgan fingerprint density at radius 1 is 1.38 bits per heavy atom. The minimum absolute atomic E-state index is 0.117. The number of ether oxygens (including phenoxy) is 2. The van der Waals surface area contributed by atoms with E-state index in [1.165, 1.54) is 13.2 Å². The highest BCUT2D eigenvalue weighted by Crippen LogP contribution is 2.37. The standard InChI is InChI=1S/C13H10BrN3O4/c1-20-10-6-7(4-8(14)11(10)21-3-2-15)5-9-12(18)17-13(19)16-9/h4-6H,3H2,1H3,(H2,16,17,18,19). The van der Waals surface area contributed by atoms with Gasteiger partial charge in [0.2, 0.25) is 0 Å². The zero-order valence-electron chi connectivity index (χ0n) is 10.9. The zero-order chi connectivity index (χ0) is 15.4. The van der Waals surface area contributed by atoms with Crippen LogP contribution in [0.4, 0.5) is 4.79 Å². The third-order valence-electron chi connectivity index (χ3n) is 2.56. The van der Waals surface area contributed by atoms with Crippen LogP contribution in [0.5, 0.6) is 11.5 Å². The van der Waals surface area contributed by atoms with E-state index in [1.807, 2.05) is 6.07 Å². The summed E-state index contributed by atoms with van der Waals surface area (Å²) in [4.78, 5) is 22.5. The number of amides is 3. The van der Waals surface area contributed by atoms with E-state index in [2.05, 4.69) is 26.6 Å². The third-order valence-corrected chi connectivity index (χ3v) is 3.15. The molecular formula is C13H10BrN3O4. The highest BCUT2D eigenvalue weighted by atomic mass is 79.9. The fraction of sp³-hybridized carbons (Fsp3) is 0.154. The van der Waals surface area contributed by atoms with Crippen LogP contribution < -0.4 is 20.1 Å². The largest absolute Gasteiger partial charge is 0.493 e. The van der Waals surface area contributed by atoms with Gasteiger partial charge < -0.3 is 14.8 Å². The molecule has 0 spiro atoms. The maximum atomic E-state index is 11.5. The first-order valence-corrected chi connectivity index (χ1v) is 6.55. The van der Waals surface area contributed by atoms with Crippen LogP contribution in [-0.2, 0) is 4.79 Å². The van der Waals surface area contributed by atoms with Gasteiger partial charge in [0.15, 0.2) is 18.1 Å². The average Bonchev–Trinajstić information content (AvgIpc) is 2.75. The Bertz CT molecular complexity index is 679. The molecule has 0 bridgehead atoms. The Kier molecular flexibility index (Phi) is 4.45. The molecule has 1 heterocycles. The number of nitrogens with one attached hydrogen (secondary N) is 2. The molecule has 8 heteroatoms. The van der Waals surface area contributed by atoms with Gasteiger partial charge in [-0.2, -0.15) is 5.26 Å². The Morgan fingerprint density at radius 3 is 2.71 bits per heavy atom. The van der Waals surface area contributed by atoms with Crippen molar-refractivity contribution in [1.29, 1.82) is 5.26 Å². The maximum absolute atomic E-state index is 11.5. The summed E-state index contributed by atoms with van der Waals surface area (Å²) < 4.78 is 11.0. The molecule has 7 nitrogen and oxygen atoms in total. The fourth-order valence-electron chi connectivity index (χ4n) is 1.72. The minimum Gasteiger partial charge on any atom is -0.493 e. The third kappa shape index (κ3) is 3.32. The second-order valence-corrected chi connectivity index (χ2v) is 4.80. The highest BCUT2D eigenvalue weighted by molar-refractivity contribution is 9.10. The van der Waals surface area contributed by atoms with E-state index in [0.29, 0.717) is 21.5 Å². The van der Waals surface area contributed by atoms with Crippen molar-refractivity contribution in [2.75, 3.05) is 13.7 Å². The van der Waals surface area contributed by atoms with Crippen molar-refractivity contribution in [3.05, 3.63) is 27.9 Å². The van der Waals surface area contributed by atoms with Gasteiger partial charge in [-0.1, -0.05) is 0 Å². The van der Waals surface area contributed by atoms with Gasteiger partial charge in [-0.3, -0.25) is 10.1 Å². The van der Waals surface area contributed by atoms with Crippen molar-refractivity contribution < 1.29 is 19.1 Å². The molecule has 0 aliphatic carbocycles. The Morgan fingerprint density at radius 2 is 2.14 bits per heavy atom. The smallest absolute Gasteiger partial charge is 0.326 e. The molecule has 21 heavy (non-hydrogen) atoms. The monoisotopic (exact) mass is 351 g/mol. The Hall–Kier alpha value is -2.53. The van der Waals surface area contributed by atoms with Crippen LogP contribution in [-0.4, -0.2) is 25.7 Å². The second-order valence-electron chi connectivity index (χ2n) is 3.95. The lowest BCUT2D eigenvalue weighted by molar-refractivity contribution is -0.115. The summed E-state index contributed by atoms with van der Waals surface area (Å²) in [5.74, 6) is 0.289. The number of benzene rings is 1. The second kappa shape index (κ2) is 6.28. The first kappa shape index (κ1) is 14.9. The van der Waals surface area contributed by atoms with E-state index in [0.717, 1.165) is 0 Å². The normalized spacial score (nSPS) is 15.4. The SMILES string of the molecule is COc1cc(C=C2NC(=O)NC2=O)cc(Br)c1OCC#N. The Labute approximate surface area is 128 Å². The van der Waals surface area contributed by atoms with Crippen LogP contribution >= 0.6 is 15.9 Å². The number of nitrogens with zero attached hydrogens (tertiary/aromatic N) is 1. The van der Waals surface area contributed by atoms with Gasteiger partial charge in [-0.25, -0.2) is 4.79 Å². The summed E-state index contributed by atoms with van der Waals surface area (Å²) in [5, 5.41) is 13.1. The van der Waals surface area contributed by atoms with Crippen molar-refractivity contribution in [2.45, 2.75) is 0 Å². The first-order valence-electron chi connectivity index (χ1n) is 5.76. The van der Waals surface area contributed by atoms with Crippen molar-refractivity contribution >= 4 is 33.9 Å². The number of nitriles is 1. The summed E-state index contributed by atoms with van der Waals surface area (Å²) in [5.41, 5.74) is 0.759. The van der Waals surface area contributed by atoms with Crippen LogP contribution in [0.3, 0.4) is 0 Å². The van der Waals surface area contributed by atoms with E-state index < -0.39 is 11.9 Å². The Balaban J connectivity index is 2.37. The predicted molar refractivity (Wildman–Crippen MR) is 76.5 cm³/mol. The number of carbonyl (C=O) groups excluding carboxylic acids is 2. The molecule has 2 rings (SSSR count). The van der Waals surface area contributed by atoms with Crippen molar-refractivity contribution in [1.82, 2.24) is 10.6 Å². The summed E-state index contributed by atoms with van der Waals surface area (Å²) in [7, 11) is 1.46. The molecule has 1 fully saturated rings. The van der Waals surface area contributed by atoms with Gasteiger partial charge in [-0.15, -0.1) is 0 Å². The lowest BCUT2D eigenvalue weighted by Crippen LogP contribution is -2.22. The van der Waals surface area contributed by atoms with Crippen LogP contribution in [0.25, 0.3) is 6.08 Å². The minimum atomic E-state index is -0.564. The van der Waals surface area contributed by atoms with Crippen molar-refractivity contribution in [3.8, 4) is 17.6 Å². The van der Waals surface area contributed by atoms with Crippen LogP contribution in [0, 0.1) is 11.3 Å². The number of carbonyl (C=O) groups is 2. The van der Waals surface area contributed by atoms with Gasteiger partial charge in [-0.05, 0) is 39.7 Å². The van der Waals surface area contributed by atoms with Gasteiger partial charge >= 0.3 is 6.03 Å². The van der Waals surface area contributed by atoms with Gasteiger partial charge in [0.1, 0.15) is 11.8 Å². The molecule has 1 saturated heterocycles. The lowest BCUT2D eigenvalue weighted by atomic mass is 10.1. The topological polar surface area (TPSA) is 100 Å². The van der Waals surface area contributed by atoms with E-state index in [1.54, 1.807) is 12.1 Å². The molecule has 1 aliphatic heterocycles. The molecule has 108 valence electrons. The summed E-state index contributed by atoms with van der Waals surface area (Å²) in [6.07, 6.45) is 1.50. The number of halogens is 1. The van der Waals surface area contributed by atoms with Crippen molar-refractivity contribution in [2.24, 2.45) is 0 Å². The summed E-state index contributed by atoms with van der Waals surface area (Å²) >= 11 is 3.31. The zero-order valence-corrected chi connectivity index (χ0v) is 12.5. The van der Waals surface area contributed by atoms with E-state index in [4.69, 9.17) is 14.7 Å². The number of imide groups is 1. The van der Waals surface area contributed by atoms with Gasteiger partial charge in [0.05, 0.1) is 11.6 Å². The molecule has 0 radical (unpaired) electrons. The predicted octanol–water partition coefficient (Wildman–Crippen LogP) is 1.54. The molecule has 2 N–H and O–H groups in total. The van der Waals surface area contributed by atoms with E-state index >= 15 is 0 Å². The number of hydrogen-bond acceptors (Lipinski definition) is 5. The number of urea groups is 1. The quantitative estimate of drug-likeness (QED) is 0.632. The number of rotatable bonds is 4. The lowest BCUT2D eigenvalue weighted by Gasteiger charge is -2.11. The van der Waals surface area contributed by atoms with Gasteiger partial charge in [0, 0.05) is 0 Å². The molecule has 1 aromatic rings. The van der Waals surface area contributed by atoms with E-state index in [9.17, 15) is 9.59 Å². The summed E-state index contributed by atoms with van der Waals surface area (Å²) in [6, 6.07) is 4.61. The molecule has 3 amide bonds. The molecule has 0 saturated carbocycles. The van der Waals surface area contributed by atoms with Crippen LogP contribution in [0.2, 0.25) is 0 Å². The highest BCUT2D eigenvalue weighted by Gasteiger charge is 2.23. The van der Waals surface area contributed by atoms with Crippen LogP contribution in [0.15, 0.2) is 22.3 Å². The number of methoxy groups -OCH3 is 1. The average molecular weight is 352 g/mol. The maximum Gasteiger partial charge on any atom is 0.326 e. The first-order chi connectivity index (χ1) is 10.0. The molecule has 1 aromatic carbocycles. The summed E-state index contributed by atoms with van der Waals surface area (Å²) in [6.45, 7) is -0.117. The number of hydrogen-bond donors (Lipinski definition) is 2. The fourth-order valence-corrected chi connectivity index (χ4v) is 2.29. The van der Waals surface area contributed by atoms with E-state index in [-0.39, 0.29) is 12.3 Å². The van der Waals surface area contributed by atoms with Gasteiger partial charge in [0.25, 0.3) is 5.91 Å². The molecular weight excluding hydrogens is 342 g/mol. The molecule has 0 unspecified atom stereocenters. The molecule has 1 aliphatic rings. The molecule has 0 atom stereocenters. The van der Waals surface area contributed by atoms with Crippen molar-refractivity contribution in [3.63, 3.8) is 0 Å². The van der Waals surface area contributed by atoms with Crippen LogP contribution in [0.1, 0.15) is 5.56 Å².